The number of carbonyl (C=O) groups excluding carboxylic acids is 1. The minimum atomic E-state index is -0.327. The van der Waals surface area contributed by atoms with Crippen molar-refractivity contribution in [1.29, 1.82) is 0 Å². The van der Waals surface area contributed by atoms with Gasteiger partial charge in [0.2, 0.25) is 0 Å². The largest absolute Gasteiger partial charge is 0.349 e. The van der Waals surface area contributed by atoms with Gasteiger partial charge in [-0.3, -0.25) is 19.1 Å². The molecule has 1 N–H and O–H groups in total. The molecule has 1 amide bonds. The molecule has 0 fully saturated rings. The summed E-state index contributed by atoms with van der Waals surface area (Å²) in [5, 5.41) is 7.99. The highest BCUT2D eigenvalue weighted by molar-refractivity contribution is 6.30. The molecule has 4 aromatic rings. The molecule has 3 heterocycles. The zero-order chi connectivity index (χ0) is 20.2. The maximum absolute atomic E-state index is 12.7. The lowest BCUT2D eigenvalue weighted by molar-refractivity contribution is 0.0946. The monoisotopic (exact) mass is 409 g/mol. The van der Waals surface area contributed by atoms with E-state index in [0.29, 0.717) is 35.7 Å². The molecule has 0 atom stereocenters. The third-order valence-electron chi connectivity index (χ3n) is 4.27. The number of benzene rings is 1. The van der Waals surface area contributed by atoms with Crippen LogP contribution in [0.5, 0.6) is 0 Å². The first kappa shape index (κ1) is 18.8. The van der Waals surface area contributed by atoms with Crippen LogP contribution in [-0.4, -0.2) is 41.8 Å². The smallest absolute Gasteiger partial charge is 0.271 e. The third kappa shape index (κ3) is 4.14. The molecule has 4 rings (SSSR count). The molecule has 146 valence electrons. The third-order valence-corrected chi connectivity index (χ3v) is 4.50. The molecule has 0 bridgehead atoms. The fourth-order valence-electron chi connectivity index (χ4n) is 2.89. The number of nitrogens with one attached hydrogen (secondary N) is 1. The van der Waals surface area contributed by atoms with Crippen molar-refractivity contribution in [3.63, 3.8) is 0 Å². The number of nitrogens with zero attached hydrogens (tertiary/aromatic N) is 6. The minimum absolute atomic E-state index is 0.190. The lowest BCUT2D eigenvalue weighted by Gasteiger charge is -2.07. The Morgan fingerprint density at radius 2 is 2.07 bits per heavy atom. The van der Waals surface area contributed by atoms with Gasteiger partial charge in [0.1, 0.15) is 17.4 Å². The number of fused-ring (bicyclic) bond motifs is 1. The predicted octanol–water partition coefficient (Wildman–Crippen LogP) is 1.51. The molecule has 0 aliphatic heterocycles. The van der Waals surface area contributed by atoms with E-state index in [1.165, 1.54) is 35.7 Å². The summed E-state index contributed by atoms with van der Waals surface area (Å²) in [4.78, 5) is 36.9. The zero-order valence-electron chi connectivity index (χ0n) is 15.2. The van der Waals surface area contributed by atoms with Crippen molar-refractivity contribution in [1.82, 2.24) is 34.6 Å². The van der Waals surface area contributed by atoms with E-state index < -0.39 is 0 Å². The molecule has 0 radical (unpaired) electrons. The van der Waals surface area contributed by atoms with Crippen LogP contribution in [0.15, 0.2) is 60.2 Å². The molecule has 0 aliphatic carbocycles. The Morgan fingerprint density at radius 1 is 1.17 bits per heavy atom. The second kappa shape index (κ2) is 8.19. The predicted molar refractivity (Wildman–Crippen MR) is 107 cm³/mol. The summed E-state index contributed by atoms with van der Waals surface area (Å²) in [5.41, 5.74) is 1.41. The van der Waals surface area contributed by atoms with Crippen molar-refractivity contribution in [3.8, 4) is 0 Å². The van der Waals surface area contributed by atoms with Crippen LogP contribution >= 0.6 is 11.6 Å². The Morgan fingerprint density at radius 3 is 2.86 bits per heavy atom. The molecule has 9 nitrogen and oxygen atoms in total. The van der Waals surface area contributed by atoms with Gasteiger partial charge in [-0.2, -0.15) is 5.10 Å². The normalized spacial score (nSPS) is 10.9. The summed E-state index contributed by atoms with van der Waals surface area (Å²) in [6, 6.07) is 7.32. The van der Waals surface area contributed by atoms with Crippen LogP contribution in [0.2, 0.25) is 5.02 Å². The maximum atomic E-state index is 12.7. The van der Waals surface area contributed by atoms with Gasteiger partial charge >= 0.3 is 0 Å². The van der Waals surface area contributed by atoms with E-state index in [9.17, 15) is 9.59 Å². The number of aromatic nitrogens is 6. The Hall–Kier alpha value is -3.59. The van der Waals surface area contributed by atoms with E-state index in [-0.39, 0.29) is 17.2 Å². The summed E-state index contributed by atoms with van der Waals surface area (Å²) in [6.07, 6.45) is 7.32. The van der Waals surface area contributed by atoms with Gasteiger partial charge in [0.15, 0.2) is 5.65 Å². The van der Waals surface area contributed by atoms with Crippen LogP contribution in [0.3, 0.4) is 0 Å². The molecule has 29 heavy (non-hydrogen) atoms. The fraction of sp³-hybridized carbons (Fsp3) is 0.158. The molecule has 0 saturated carbocycles. The summed E-state index contributed by atoms with van der Waals surface area (Å²) in [5.74, 6) is -0.327. The van der Waals surface area contributed by atoms with Crippen molar-refractivity contribution < 1.29 is 4.79 Å². The summed E-state index contributed by atoms with van der Waals surface area (Å²) in [7, 11) is 0. The van der Waals surface area contributed by atoms with Crippen molar-refractivity contribution in [2.24, 2.45) is 0 Å². The van der Waals surface area contributed by atoms with Crippen molar-refractivity contribution in [3.05, 3.63) is 82.0 Å². The Labute approximate surface area is 170 Å². The number of hydrogen-bond acceptors (Lipinski definition) is 6. The highest BCUT2D eigenvalue weighted by atomic mass is 35.5. The van der Waals surface area contributed by atoms with Gasteiger partial charge in [-0.15, -0.1) is 0 Å². The highest BCUT2D eigenvalue weighted by Gasteiger charge is 2.11. The molecule has 0 unspecified atom stereocenters. The van der Waals surface area contributed by atoms with E-state index in [1.54, 1.807) is 16.8 Å². The first-order valence-electron chi connectivity index (χ1n) is 8.81. The number of amides is 1. The van der Waals surface area contributed by atoms with Gasteiger partial charge in [0.25, 0.3) is 11.5 Å². The molecule has 10 heteroatoms. The Kier molecular flexibility index (Phi) is 5.30. The van der Waals surface area contributed by atoms with Crippen molar-refractivity contribution >= 4 is 28.5 Å². The SMILES string of the molecule is O=C(NCCn1ncc2c(=O)n(Cc3cccc(Cl)c3)cnc21)c1cnccn1. The number of rotatable bonds is 6. The molecule has 0 aliphatic rings. The minimum Gasteiger partial charge on any atom is -0.349 e. The second-order valence-electron chi connectivity index (χ2n) is 6.26. The number of carbonyl (C=O) groups is 1. The topological polar surface area (TPSA) is 108 Å². The number of hydrogen-bond donors (Lipinski definition) is 1. The molecule has 3 aromatic heterocycles. The van der Waals surface area contributed by atoms with Crippen LogP contribution in [0.1, 0.15) is 16.1 Å². The molecular formula is C19H16ClN7O2. The van der Waals surface area contributed by atoms with Crippen LogP contribution < -0.4 is 10.9 Å². The Bertz CT molecular complexity index is 1220. The van der Waals surface area contributed by atoms with E-state index in [2.05, 4.69) is 25.4 Å². The van der Waals surface area contributed by atoms with Crippen LogP contribution in [0.25, 0.3) is 11.0 Å². The van der Waals surface area contributed by atoms with E-state index in [1.807, 2.05) is 12.1 Å². The lowest BCUT2D eigenvalue weighted by atomic mass is 10.2. The van der Waals surface area contributed by atoms with Gasteiger partial charge in [0, 0.05) is 24.0 Å². The second-order valence-corrected chi connectivity index (χ2v) is 6.70. The molecule has 1 aromatic carbocycles. The van der Waals surface area contributed by atoms with Gasteiger partial charge < -0.3 is 5.32 Å². The van der Waals surface area contributed by atoms with Crippen molar-refractivity contribution in [2.75, 3.05) is 6.54 Å². The maximum Gasteiger partial charge on any atom is 0.271 e. The van der Waals surface area contributed by atoms with Gasteiger partial charge in [-0.05, 0) is 17.7 Å². The quantitative estimate of drug-likeness (QED) is 0.517. The zero-order valence-corrected chi connectivity index (χ0v) is 16.0. The number of halogens is 1. The Balaban J connectivity index is 1.47. The summed E-state index contributed by atoms with van der Waals surface area (Å²) < 4.78 is 3.09. The average molecular weight is 410 g/mol. The highest BCUT2D eigenvalue weighted by Crippen LogP contribution is 2.12. The van der Waals surface area contributed by atoms with E-state index >= 15 is 0 Å². The van der Waals surface area contributed by atoms with E-state index in [0.717, 1.165) is 5.56 Å². The fourth-order valence-corrected chi connectivity index (χ4v) is 3.10. The molecular weight excluding hydrogens is 394 g/mol. The van der Waals surface area contributed by atoms with E-state index in [4.69, 9.17) is 11.6 Å². The first-order valence-corrected chi connectivity index (χ1v) is 9.19. The lowest BCUT2D eigenvalue weighted by Crippen LogP contribution is -2.28. The van der Waals surface area contributed by atoms with Gasteiger partial charge in [-0.1, -0.05) is 23.7 Å². The van der Waals surface area contributed by atoms with Crippen LogP contribution in [0, 0.1) is 0 Å². The summed E-state index contributed by atoms with van der Waals surface area (Å²) in [6.45, 7) is 1.03. The van der Waals surface area contributed by atoms with Crippen LogP contribution in [-0.2, 0) is 13.1 Å². The van der Waals surface area contributed by atoms with Crippen molar-refractivity contribution in [2.45, 2.75) is 13.1 Å². The van der Waals surface area contributed by atoms with Gasteiger partial charge in [-0.25, -0.2) is 14.6 Å². The summed E-state index contributed by atoms with van der Waals surface area (Å²) >= 11 is 6.01. The van der Waals surface area contributed by atoms with Gasteiger partial charge in [0.05, 0.1) is 25.5 Å². The standard InChI is InChI=1S/C19H16ClN7O2/c20-14-3-1-2-13(8-14)11-26-12-24-17-15(19(26)29)9-25-27(17)7-6-23-18(28)16-10-21-4-5-22-16/h1-5,8-10,12H,6-7,11H2,(H,23,28). The van der Waals surface area contributed by atoms with Crippen LogP contribution in [0.4, 0.5) is 0 Å². The molecule has 0 saturated heterocycles. The first-order chi connectivity index (χ1) is 14.1. The average Bonchev–Trinajstić information content (AvgIpc) is 3.14. The molecule has 0 spiro atoms.